The molecule has 0 spiro atoms. The average Bonchev–Trinajstić information content (AvgIpc) is 2.29. The maximum atomic E-state index is 5.58. The van der Waals surface area contributed by atoms with Crippen molar-refractivity contribution in [3.63, 3.8) is 0 Å². The van der Waals surface area contributed by atoms with Crippen LogP contribution < -0.4 is 5.73 Å². The van der Waals surface area contributed by atoms with Crippen LogP contribution in [0.3, 0.4) is 0 Å². The molecule has 98 valence electrons. The largest absolute Gasteiger partial charge is 0.381 e. The number of nitrogens with two attached hydrogens (primary N) is 1. The Bertz CT molecular complexity index is 128. The molecule has 2 nitrogen and oxygen atoms in total. The number of ether oxygens (including phenoxy) is 1. The summed E-state index contributed by atoms with van der Waals surface area (Å²) in [5, 5.41) is 0. The second-order valence-corrected chi connectivity index (χ2v) is 4.69. The van der Waals surface area contributed by atoms with E-state index in [1.54, 1.807) is 0 Å². The third-order valence-corrected chi connectivity index (χ3v) is 3.08. The quantitative estimate of drug-likeness (QED) is 0.517. The van der Waals surface area contributed by atoms with Gasteiger partial charge in [-0.15, -0.1) is 0 Å². The van der Waals surface area contributed by atoms with Crippen molar-refractivity contribution in [2.75, 3.05) is 19.8 Å². The van der Waals surface area contributed by atoms with Gasteiger partial charge in [-0.2, -0.15) is 0 Å². The van der Waals surface area contributed by atoms with E-state index in [4.69, 9.17) is 10.5 Å². The topological polar surface area (TPSA) is 35.2 Å². The van der Waals surface area contributed by atoms with Gasteiger partial charge in [0.1, 0.15) is 0 Å². The summed E-state index contributed by atoms with van der Waals surface area (Å²) in [6, 6.07) is 0. The maximum absolute atomic E-state index is 5.58. The Hall–Kier alpha value is -0.0800. The van der Waals surface area contributed by atoms with Gasteiger partial charge in [0.2, 0.25) is 0 Å². The molecule has 0 saturated carbocycles. The minimum atomic E-state index is 0.745. The van der Waals surface area contributed by atoms with Crippen molar-refractivity contribution >= 4 is 0 Å². The first kappa shape index (κ1) is 15.9. The summed E-state index contributed by atoms with van der Waals surface area (Å²) in [5.41, 5.74) is 5.42. The summed E-state index contributed by atoms with van der Waals surface area (Å²) >= 11 is 0. The summed E-state index contributed by atoms with van der Waals surface area (Å²) in [5.74, 6) is 0.884. The van der Waals surface area contributed by atoms with Gasteiger partial charge in [0.15, 0.2) is 0 Å². The number of hydrogen-bond donors (Lipinski definition) is 1. The van der Waals surface area contributed by atoms with Crippen LogP contribution in [0.1, 0.15) is 65.2 Å². The van der Waals surface area contributed by atoms with Crippen LogP contribution in [0.4, 0.5) is 0 Å². The Morgan fingerprint density at radius 3 is 2.31 bits per heavy atom. The zero-order valence-corrected chi connectivity index (χ0v) is 11.3. The lowest BCUT2D eigenvalue weighted by Gasteiger charge is -2.15. The van der Waals surface area contributed by atoms with Gasteiger partial charge >= 0.3 is 0 Å². The monoisotopic (exact) mass is 229 g/mol. The van der Waals surface area contributed by atoms with Crippen LogP contribution in [0.5, 0.6) is 0 Å². The van der Waals surface area contributed by atoms with E-state index in [-0.39, 0.29) is 0 Å². The Morgan fingerprint density at radius 1 is 0.875 bits per heavy atom. The molecular formula is C14H31NO. The predicted octanol–water partition coefficient (Wildman–Crippen LogP) is 3.74. The number of hydrogen-bond acceptors (Lipinski definition) is 2. The molecular weight excluding hydrogens is 198 g/mol. The first-order valence-corrected chi connectivity index (χ1v) is 7.12. The fourth-order valence-corrected chi connectivity index (χ4v) is 2.06. The second kappa shape index (κ2) is 13.0. The molecule has 1 atom stereocenters. The van der Waals surface area contributed by atoms with E-state index in [0.29, 0.717) is 0 Å². The first-order valence-electron chi connectivity index (χ1n) is 7.12. The van der Waals surface area contributed by atoms with E-state index in [9.17, 15) is 0 Å². The molecule has 0 heterocycles. The molecule has 0 amide bonds. The second-order valence-electron chi connectivity index (χ2n) is 4.69. The fraction of sp³-hybridized carbons (Fsp3) is 1.00. The van der Waals surface area contributed by atoms with Crippen LogP contribution in [-0.2, 0) is 4.74 Å². The standard InChI is InChI=1S/C14H31NO/c1-3-5-6-9-14(8-4-2)10-13-16-12-7-11-15/h14H,3-13,15H2,1-2H3. The molecule has 1 unspecified atom stereocenters. The van der Waals surface area contributed by atoms with E-state index in [1.165, 1.54) is 44.9 Å². The molecule has 0 aromatic carbocycles. The van der Waals surface area contributed by atoms with E-state index < -0.39 is 0 Å². The molecule has 2 heteroatoms. The maximum Gasteiger partial charge on any atom is 0.0478 e. The lowest BCUT2D eigenvalue weighted by molar-refractivity contribution is 0.116. The molecule has 2 N–H and O–H groups in total. The Balaban J connectivity index is 3.43. The zero-order chi connectivity index (χ0) is 12.1. The summed E-state index contributed by atoms with van der Waals surface area (Å²) in [6.45, 7) is 7.06. The van der Waals surface area contributed by atoms with Crippen LogP contribution in [0.2, 0.25) is 0 Å². The fourth-order valence-electron chi connectivity index (χ4n) is 2.06. The van der Waals surface area contributed by atoms with Gasteiger partial charge in [0.25, 0.3) is 0 Å². The lowest BCUT2D eigenvalue weighted by Crippen LogP contribution is -2.09. The van der Waals surface area contributed by atoms with Crippen LogP contribution >= 0.6 is 0 Å². The smallest absolute Gasteiger partial charge is 0.0478 e. The Morgan fingerprint density at radius 2 is 1.69 bits per heavy atom. The normalized spacial score (nSPS) is 12.9. The molecule has 0 saturated heterocycles. The molecule has 0 bridgehead atoms. The SMILES string of the molecule is CCCCCC(CCC)CCOCCCN. The third kappa shape index (κ3) is 10.4. The van der Waals surface area contributed by atoms with E-state index in [1.807, 2.05) is 0 Å². The highest BCUT2D eigenvalue weighted by atomic mass is 16.5. The molecule has 0 aliphatic carbocycles. The number of rotatable bonds is 12. The Kier molecular flexibility index (Phi) is 12.9. The number of unbranched alkanes of at least 4 members (excludes halogenated alkanes) is 2. The highest BCUT2D eigenvalue weighted by Crippen LogP contribution is 2.19. The van der Waals surface area contributed by atoms with Gasteiger partial charge in [-0.05, 0) is 25.3 Å². The van der Waals surface area contributed by atoms with E-state index in [0.717, 1.165) is 32.1 Å². The first-order chi connectivity index (χ1) is 7.85. The van der Waals surface area contributed by atoms with Crippen LogP contribution in [0.15, 0.2) is 0 Å². The molecule has 0 aliphatic rings. The van der Waals surface area contributed by atoms with Gasteiger partial charge in [0, 0.05) is 13.2 Å². The van der Waals surface area contributed by atoms with Crippen molar-refractivity contribution in [2.45, 2.75) is 65.2 Å². The van der Waals surface area contributed by atoms with Crippen molar-refractivity contribution < 1.29 is 4.74 Å². The summed E-state index contributed by atoms with van der Waals surface area (Å²) < 4.78 is 5.58. The van der Waals surface area contributed by atoms with E-state index >= 15 is 0 Å². The van der Waals surface area contributed by atoms with Gasteiger partial charge in [-0.25, -0.2) is 0 Å². The summed E-state index contributed by atoms with van der Waals surface area (Å²) in [7, 11) is 0. The van der Waals surface area contributed by atoms with Crippen LogP contribution in [-0.4, -0.2) is 19.8 Å². The van der Waals surface area contributed by atoms with Crippen molar-refractivity contribution in [3.8, 4) is 0 Å². The van der Waals surface area contributed by atoms with Crippen LogP contribution in [0, 0.1) is 5.92 Å². The lowest BCUT2D eigenvalue weighted by atomic mass is 9.94. The van der Waals surface area contributed by atoms with Crippen molar-refractivity contribution in [1.82, 2.24) is 0 Å². The highest BCUT2D eigenvalue weighted by Gasteiger charge is 2.07. The van der Waals surface area contributed by atoms with Crippen molar-refractivity contribution in [3.05, 3.63) is 0 Å². The molecule has 0 rings (SSSR count). The predicted molar refractivity (Wildman–Crippen MR) is 71.6 cm³/mol. The summed E-state index contributed by atoms with van der Waals surface area (Å²) in [6.07, 6.45) is 10.4. The van der Waals surface area contributed by atoms with Crippen molar-refractivity contribution in [2.24, 2.45) is 11.7 Å². The minimum Gasteiger partial charge on any atom is -0.381 e. The van der Waals surface area contributed by atoms with Gasteiger partial charge in [0.05, 0.1) is 0 Å². The highest BCUT2D eigenvalue weighted by molar-refractivity contribution is 4.59. The Labute approximate surface area is 102 Å². The van der Waals surface area contributed by atoms with Gasteiger partial charge < -0.3 is 10.5 Å². The molecule has 0 aromatic heterocycles. The minimum absolute atomic E-state index is 0.745. The third-order valence-electron chi connectivity index (χ3n) is 3.08. The molecule has 0 radical (unpaired) electrons. The summed E-state index contributed by atoms with van der Waals surface area (Å²) in [4.78, 5) is 0. The van der Waals surface area contributed by atoms with Crippen molar-refractivity contribution in [1.29, 1.82) is 0 Å². The van der Waals surface area contributed by atoms with Gasteiger partial charge in [-0.3, -0.25) is 0 Å². The van der Waals surface area contributed by atoms with E-state index in [2.05, 4.69) is 13.8 Å². The molecule has 16 heavy (non-hydrogen) atoms. The molecule has 0 aliphatic heterocycles. The molecule has 0 aromatic rings. The van der Waals surface area contributed by atoms with Crippen LogP contribution in [0.25, 0.3) is 0 Å². The van der Waals surface area contributed by atoms with Gasteiger partial charge in [-0.1, -0.05) is 52.4 Å². The average molecular weight is 229 g/mol. The zero-order valence-electron chi connectivity index (χ0n) is 11.3. The molecule has 0 fully saturated rings.